The molecule has 0 spiro atoms. The van der Waals surface area contributed by atoms with Gasteiger partial charge in [-0.3, -0.25) is 9.39 Å². The van der Waals surface area contributed by atoms with Gasteiger partial charge in [-0.25, -0.2) is 0 Å². The van der Waals surface area contributed by atoms with E-state index in [4.69, 9.17) is 5.73 Å². The quantitative estimate of drug-likeness (QED) is 0.355. The van der Waals surface area contributed by atoms with Crippen molar-refractivity contribution < 1.29 is 0 Å². The van der Waals surface area contributed by atoms with E-state index in [-0.39, 0.29) is 24.0 Å². The summed E-state index contributed by atoms with van der Waals surface area (Å²) in [5.41, 5.74) is 9.04. The normalized spacial score (nSPS) is 11.6. The number of benzene rings is 1. The third-order valence-electron chi connectivity index (χ3n) is 3.83. The molecule has 6 nitrogen and oxygen atoms in total. The van der Waals surface area contributed by atoms with Gasteiger partial charge in [-0.05, 0) is 35.7 Å². The van der Waals surface area contributed by atoms with Gasteiger partial charge in [0, 0.05) is 24.8 Å². The molecule has 132 valence electrons. The summed E-state index contributed by atoms with van der Waals surface area (Å²) in [6, 6.07) is 14.0. The second-order valence-corrected chi connectivity index (χ2v) is 5.97. The third-order valence-corrected chi connectivity index (χ3v) is 3.83. The molecule has 3 aromatic rings. The van der Waals surface area contributed by atoms with Crippen molar-refractivity contribution >= 4 is 41.3 Å². The highest BCUT2D eigenvalue weighted by Crippen LogP contribution is 2.18. The van der Waals surface area contributed by atoms with Crippen molar-refractivity contribution in [2.75, 3.05) is 11.9 Å². The zero-order valence-electron chi connectivity index (χ0n) is 14.4. The molecule has 0 radical (unpaired) electrons. The van der Waals surface area contributed by atoms with Crippen molar-refractivity contribution in [3.05, 3.63) is 60.0 Å². The second kappa shape index (κ2) is 8.80. The highest BCUT2D eigenvalue weighted by Gasteiger charge is 2.04. The molecule has 0 saturated carbocycles. The van der Waals surface area contributed by atoms with Crippen LogP contribution in [0.25, 0.3) is 5.65 Å². The molecule has 0 fully saturated rings. The van der Waals surface area contributed by atoms with E-state index in [1.807, 2.05) is 40.9 Å². The maximum atomic E-state index is 5.98. The molecule has 0 amide bonds. The first-order valence-electron chi connectivity index (χ1n) is 8.09. The van der Waals surface area contributed by atoms with Gasteiger partial charge >= 0.3 is 0 Å². The Morgan fingerprint density at radius 3 is 2.84 bits per heavy atom. The zero-order valence-corrected chi connectivity index (χ0v) is 16.7. The number of aliphatic imine (C=N–C) groups is 1. The summed E-state index contributed by atoms with van der Waals surface area (Å²) in [7, 11) is 0. The maximum Gasteiger partial charge on any atom is 0.193 e. The molecule has 0 aliphatic carbocycles. The summed E-state index contributed by atoms with van der Waals surface area (Å²) in [4.78, 5) is 4.38. The minimum absolute atomic E-state index is 0. The number of nitrogens with two attached hydrogens (primary N) is 1. The Balaban J connectivity index is 0.00000225. The van der Waals surface area contributed by atoms with Crippen LogP contribution in [-0.2, 0) is 6.42 Å². The van der Waals surface area contributed by atoms with E-state index in [0.717, 1.165) is 17.2 Å². The maximum absolute atomic E-state index is 5.98. The van der Waals surface area contributed by atoms with Crippen LogP contribution in [0.2, 0.25) is 0 Å². The highest BCUT2D eigenvalue weighted by molar-refractivity contribution is 14.0. The van der Waals surface area contributed by atoms with Crippen LogP contribution in [0.4, 0.5) is 5.69 Å². The molecule has 0 atom stereocenters. The predicted molar refractivity (Wildman–Crippen MR) is 113 cm³/mol. The Morgan fingerprint density at radius 2 is 2.04 bits per heavy atom. The van der Waals surface area contributed by atoms with E-state index in [9.17, 15) is 0 Å². The number of rotatable bonds is 5. The number of pyridine rings is 1. The van der Waals surface area contributed by atoms with Crippen LogP contribution < -0.4 is 11.1 Å². The summed E-state index contributed by atoms with van der Waals surface area (Å²) in [5, 5.41) is 11.5. The number of nitrogens with zero attached hydrogens (tertiary/aromatic N) is 4. The fraction of sp³-hybridized carbons (Fsp3) is 0.278. The Bertz CT molecular complexity index is 855. The third kappa shape index (κ3) is 4.91. The van der Waals surface area contributed by atoms with Gasteiger partial charge in [0.05, 0.1) is 0 Å². The molecule has 0 aliphatic rings. The van der Waals surface area contributed by atoms with Crippen molar-refractivity contribution in [2.45, 2.75) is 26.2 Å². The van der Waals surface area contributed by atoms with Crippen LogP contribution in [0.5, 0.6) is 0 Å². The lowest BCUT2D eigenvalue weighted by atomic mass is 10.0. The van der Waals surface area contributed by atoms with Crippen LogP contribution in [-0.4, -0.2) is 27.1 Å². The van der Waals surface area contributed by atoms with E-state index in [0.29, 0.717) is 24.8 Å². The summed E-state index contributed by atoms with van der Waals surface area (Å²) in [6.45, 7) is 4.89. The molecule has 0 saturated heterocycles. The number of nitrogens with one attached hydrogen (secondary N) is 1. The summed E-state index contributed by atoms with van der Waals surface area (Å²) in [6.07, 6.45) is 2.63. The summed E-state index contributed by atoms with van der Waals surface area (Å²) < 4.78 is 1.96. The molecule has 3 N–H and O–H groups in total. The largest absolute Gasteiger partial charge is 0.370 e. The van der Waals surface area contributed by atoms with Crippen LogP contribution >= 0.6 is 24.0 Å². The average Bonchev–Trinajstić information content (AvgIpc) is 2.98. The lowest BCUT2D eigenvalue weighted by molar-refractivity contribution is 0.847. The van der Waals surface area contributed by atoms with E-state index in [1.165, 1.54) is 5.56 Å². The number of hydrogen-bond donors (Lipinski definition) is 2. The molecule has 25 heavy (non-hydrogen) atoms. The van der Waals surface area contributed by atoms with Gasteiger partial charge in [0.2, 0.25) is 0 Å². The van der Waals surface area contributed by atoms with Crippen LogP contribution in [0.1, 0.15) is 31.2 Å². The van der Waals surface area contributed by atoms with Gasteiger partial charge in [-0.15, -0.1) is 34.2 Å². The minimum Gasteiger partial charge on any atom is -0.370 e. The molecular formula is C18H23IN6. The van der Waals surface area contributed by atoms with Gasteiger partial charge in [-0.1, -0.05) is 32.0 Å². The van der Waals surface area contributed by atoms with Crippen molar-refractivity contribution in [2.24, 2.45) is 10.7 Å². The molecule has 0 unspecified atom stereocenters. The molecule has 0 aliphatic heterocycles. The number of hydrogen-bond acceptors (Lipinski definition) is 3. The summed E-state index contributed by atoms with van der Waals surface area (Å²) >= 11 is 0. The number of aromatic nitrogens is 3. The predicted octanol–water partition coefficient (Wildman–Crippen LogP) is 3.44. The molecule has 7 heteroatoms. The van der Waals surface area contributed by atoms with Gasteiger partial charge in [-0.2, -0.15) is 0 Å². The van der Waals surface area contributed by atoms with Gasteiger partial charge in [0.25, 0.3) is 0 Å². The van der Waals surface area contributed by atoms with E-state index < -0.39 is 0 Å². The number of anilines is 1. The van der Waals surface area contributed by atoms with Gasteiger partial charge in [0.1, 0.15) is 5.82 Å². The Labute approximate surface area is 164 Å². The van der Waals surface area contributed by atoms with Crippen LogP contribution in [0, 0.1) is 0 Å². The Kier molecular flexibility index (Phi) is 6.74. The minimum atomic E-state index is 0. The molecule has 3 rings (SSSR count). The Morgan fingerprint density at radius 1 is 1.20 bits per heavy atom. The fourth-order valence-corrected chi connectivity index (χ4v) is 2.50. The molecular weight excluding hydrogens is 427 g/mol. The standard InChI is InChI=1S/C18H22N6.HI/c1-13(2)14-6-5-7-15(12-14)21-18(19)20-10-9-17-23-22-16-8-3-4-11-24(16)17;/h3-8,11-13H,9-10H2,1-2H3,(H3,19,20,21);1H. The molecule has 1 aromatic carbocycles. The van der Waals surface area contributed by atoms with E-state index >= 15 is 0 Å². The highest BCUT2D eigenvalue weighted by atomic mass is 127. The zero-order chi connectivity index (χ0) is 16.9. The van der Waals surface area contributed by atoms with Crippen LogP contribution in [0.3, 0.4) is 0 Å². The van der Waals surface area contributed by atoms with Crippen molar-refractivity contribution in [1.29, 1.82) is 0 Å². The monoisotopic (exact) mass is 450 g/mol. The second-order valence-electron chi connectivity index (χ2n) is 5.97. The SMILES string of the molecule is CC(C)c1cccc(NC(N)=NCCc2nnc3ccccn23)c1.I. The summed E-state index contributed by atoms with van der Waals surface area (Å²) in [5.74, 6) is 1.76. The van der Waals surface area contributed by atoms with Crippen molar-refractivity contribution in [1.82, 2.24) is 14.6 Å². The van der Waals surface area contributed by atoms with Crippen LogP contribution in [0.15, 0.2) is 53.7 Å². The molecule has 2 aromatic heterocycles. The first kappa shape index (κ1) is 19.2. The van der Waals surface area contributed by atoms with Gasteiger partial charge < -0.3 is 11.1 Å². The number of guanidine groups is 1. The van der Waals surface area contributed by atoms with E-state index in [1.54, 1.807) is 0 Å². The number of fused-ring (bicyclic) bond motifs is 1. The smallest absolute Gasteiger partial charge is 0.193 e. The fourth-order valence-electron chi connectivity index (χ4n) is 2.50. The van der Waals surface area contributed by atoms with E-state index in [2.05, 4.69) is 46.5 Å². The molecule has 2 heterocycles. The topological polar surface area (TPSA) is 80.6 Å². The van der Waals surface area contributed by atoms with Crippen molar-refractivity contribution in [3.8, 4) is 0 Å². The first-order chi connectivity index (χ1) is 11.6. The van der Waals surface area contributed by atoms with Crippen molar-refractivity contribution in [3.63, 3.8) is 0 Å². The lowest BCUT2D eigenvalue weighted by Crippen LogP contribution is -2.23. The average molecular weight is 450 g/mol. The first-order valence-corrected chi connectivity index (χ1v) is 8.09. The lowest BCUT2D eigenvalue weighted by Gasteiger charge is -2.09. The van der Waals surface area contributed by atoms with Gasteiger partial charge in [0.15, 0.2) is 11.6 Å². The Hall–Kier alpha value is -2.16. The molecule has 0 bridgehead atoms. The number of halogens is 1.